The lowest BCUT2D eigenvalue weighted by molar-refractivity contribution is -0.136. The number of carbonyl (C=O) groups excluding carboxylic acids is 2. The second-order valence-corrected chi connectivity index (χ2v) is 5.89. The van der Waals surface area contributed by atoms with Crippen LogP contribution in [0, 0.1) is 0 Å². The highest BCUT2D eigenvalue weighted by molar-refractivity contribution is 5.97. The number of phenolic OH excluding ortho intramolecular Hbond substituents is 1. The number of aromatic nitrogens is 1. The Bertz CT molecular complexity index is 844. The molecule has 10 heteroatoms. The molecule has 0 aliphatic carbocycles. The largest absolute Gasteiger partial charge is 0.507 e. The van der Waals surface area contributed by atoms with Crippen molar-refractivity contribution in [1.82, 2.24) is 20.9 Å². The first-order chi connectivity index (χ1) is 14.0. The molecule has 154 valence electrons. The zero-order valence-corrected chi connectivity index (χ0v) is 15.6. The van der Waals surface area contributed by atoms with Crippen LogP contribution < -0.4 is 20.7 Å². The summed E-state index contributed by atoms with van der Waals surface area (Å²) < 4.78 is 5.43. The van der Waals surface area contributed by atoms with Crippen LogP contribution >= 0.6 is 0 Å². The molecule has 3 amide bonds. The maximum atomic E-state index is 11.9. The van der Waals surface area contributed by atoms with Crippen LogP contribution in [-0.4, -0.2) is 52.8 Å². The molecule has 10 nitrogen and oxygen atoms in total. The fraction of sp³-hybridized carbons (Fsp3) is 0.263. The highest BCUT2D eigenvalue weighted by atomic mass is 16.5. The second kappa shape index (κ2) is 11.1. The summed E-state index contributed by atoms with van der Waals surface area (Å²) in [6.45, 7) is 0.729. The molecular weight excluding hydrogens is 380 g/mol. The Hall–Kier alpha value is -3.82. The van der Waals surface area contributed by atoms with Gasteiger partial charge in [0.05, 0.1) is 18.5 Å². The van der Waals surface area contributed by atoms with Gasteiger partial charge in [-0.1, -0.05) is 0 Å². The Morgan fingerprint density at radius 2 is 1.76 bits per heavy atom. The van der Waals surface area contributed by atoms with Gasteiger partial charge in [0.1, 0.15) is 18.1 Å². The van der Waals surface area contributed by atoms with Crippen molar-refractivity contribution in [1.29, 1.82) is 0 Å². The zero-order valence-electron chi connectivity index (χ0n) is 15.6. The molecule has 0 fully saturated rings. The van der Waals surface area contributed by atoms with Gasteiger partial charge in [0.25, 0.3) is 5.91 Å². The molecule has 0 unspecified atom stereocenters. The molecule has 2 rings (SSSR count). The summed E-state index contributed by atoms with van der Waals surface area (Å²) in [4.78, 5) is 38.0. The number of carbonyl (C=O) groups is 3. The van der Waals surface area contributed by atoms with E-state index in [2.05, 4.69) is 20.9 Å². The number of benzene rings is 1. The standard InChI is InChI=1S/C19H22N4O6/c24-16-11-14(1-2-15(16)18(27)21-8-5-17(25)26)29-10-9-22-19(28)23-12-13-3-6-20-7-4-13/h1-4,6-7,11,24H,5,8-10,12H2,(H,21,27)(H,25,26)(H2,22,23,28). The van der Waals surface area contributed by atoms with Gasteiger partial charge >= 0.3 is 12.0 Å². The maximum absolute atomic E-state index is 11.9. The molecular formula is C19H22N4O6. The minimum atomic E-state index is -1.03. The van der Waals surface area contributed by atoms with E-state index in [1.807, 2.05) is 0 Å². The van der Waals surface area contributed by atoms with E-state index in [0.29, 0.717) is 12.3 Å². The van der Waals surface area contributed by atoms with Gasteiger partial charge in [-0.15, -0.1) is 0 Å². The van der Waals surface area contributed by atoms with E-state index in [0.717, 1.165) is 5.56 Å². The Balaban J connectivity index is 1.69. The van der Waals surface area contributed by atoms with Crippen molar-refractivity contribution < 1.29 is 29.3 Å². The van der Waals surface area contributed by atoms with Gasteiger partial charge in [0, 0.05) is 31.5 Å². The molecule has 0 saturated heterocycles. The number of hydrogen-bond acceptors (Lipinski definition) is 6. The van der Waals surface area contributed by atoms with Gasteiger partial charge in [-0.2, -0.15) is 0 Å². The number of aromatic hydroxyl groups is 1. The van der Waals surface area contributed by atoms with Crippen LogP contribution in [0.5, 0.6) is 11.5 Å². The molecule has 1 aromatic heterocycles. The Kier molecular flexibility index (Phi) is 8.24. The Morgan fingerprint density at radius 3 is 2.45 bits per heavy atom. The predicted octanol–water partition coefficient (Wildman–Crippen LogP) is 0.870. The van der Waals surface area contributed by atoms with Crippen molar-refractivity contribution >= 4 is 17.9 Å². The molecule has 0 radical (unpaired) electrons. The van der Waals surface area contributed by atoms with Gasteiger partial charge in [-0.3, -0.25) is 14.6 Å². The first-order valence-electron chi connectivity index (χ1n) is 8.82. The third-order valence-electron chi connectivity index (χ3n) is 3.70. The summed E-state index contributed by atoms with van der Waals surface area (Å²) in [5.74, 6) is -1.58. The van der Waals surface area contributed by atoms with Crippen LogP contribution in [0.2, 0.25) is 0 Å². The van der Waals surface area contributed by atoms with Gasteiger partial charge < -0.3 is 30.9 Å². The lowest BCUT2D eigenvalue weighted by Crippen LogP contribution is -2.37. The molecule has 0 aliphatic heterocycles. The third kappa shape index (κ3) is 7.75. The SMILES string of the molecule is O=C(O)CCNC(=O)c1ccc(OCCNC(=O)NCc2ccncc2)cc1O. The van der Waals surface area contributed by atoms with Crippen molar-refractivity contribution in [3.63, 3.8) is 0 Å². The van der Waals surface area contributed by atoms with Crippen molar-refractivity contribution in [3.8, 4) is 11.5 Å². The third-order valence-corrected chi connectivity index (χ3v) is 3.70. The number of aliphatic carboxylic acids is 1. The number of hydrogen-bond donors (Lipinski definition) is 5. The van der Waals surface area contributed by atoms with Crippen molar-refractivity contribution in [2.75, 3.05) is 19.7 Å². The molecule has 5 N–H and O–H groups in total. The van der Waals surface area contributed by atoms with E-state index in [9.17, 15) is 19.5 Å². The number of urea groups is 1. The lowest BCUT2D eigenvalue weighted by atomic mass is 10.1. The number of rotatable bonds is 10. The summed E-state index contributed by atoms with van der Waals surface area (Å²) in [6.07, 6.45) is 3.07. The van der Waals surface area contributed by atoms with E-state index >= 15 is 0 Å². The minimum Gasteiger partial charge on any atom is -0.507 e. The van der Waals surface area contributed by atoms with Crippen LogP contribution in [0.15, 0.2) is 42.7 Å². The highest BCUT2D eigenvalue weighted by Gasteiger charge is 2.12. The van der Waals surface area contributed by atoms with Crippen LogP contribution in [0.25, 0.3) is 0 Å². The minimum absolute atomic E-state index is 0.0105. The number of pyridine rings is 1. The molecule has 2 aromatic rings. The smallest absolute Gasteiger partial charge is 0.315 e. The Morgan fingerprint density at radius 1 is 1.00 bits per heavy atom. The number of amides is 3. The average molecular weight is 402 g/mol. The number of nitrogens with zero attached hydrogens (tertiary/aromatic N) is 1. The number of phenols is 1. The first kappa shape index (κ1) is 21.5. The molecule has 1 aromatic carbocycles. The van der Waals surface area contributed by atoms with E-state index in [1.165, 1.54) is 18.2 Å². The topological polar surface area (TPSA) is 150 Å². The van der Waals surface area contributed by atoms with Gasteiger partial charge in [-0.05, 0) is 29.8 Å². The summed E-state index contributed by atoms with van der Waals surface area (Å²) in [7, 11) is 0. The lowest BCUT2D eigenvalue weighted by Gasteiger charge is -2.11. The predicted molar refractivity (Wildman–Crippen MR) is 103 cm³/mol. The van der Waals surface area contributed by atoms with E-state index in [-0.39, 0.29) is 43.5 Å². The van der Waals surface area contributed by atoms with E-state index < -0.39 is 11.9 Å². The normalized spacial score (nSPS) is 10.1. The highest BCUT2D eigenvalue weighted by Crippen LogP contribution is 2.23. The molecule has 0 atom stereocenters. The van der Waals surface area contributed by atoms with Crippen molar-refractivity contribution in [2.24, 2.45) is 0 Å². The number of carboxylic acids is 1. The summed E-state index contributed by atoms with van der Waals surface area (Å²) in [5, 5.41) is 26.2. The molecule has 0 aliphatic rings. The number of nitrogens with one attached hydrogen (secondary N) is 3. The molecule has 0 bridgehead atoms. The van der Waals surface area contributed by atoms with Gasteiger partial charge in [0.15, 0.2) is 0 Å². The van der Waals surface area contributed by atoms with Crippen LogP contribution in [0.4, 0.5) is 4.79 Å². The average Bonchev–Trinajstić information content (AvgIpc) is 2.70. The van der Waals surface area contributed by atoms with Crippen LogP contribution in [0.3, 0.4) is 0 Å². The second-order valence-electron chi connectivity index (χ2n) is 5.89. The summed E-state index contributed by atoms with van der Waals surface area (Å²) >= 11 is 0. The maximum Gasteiger partial charge on any atom is 0.315 e. The zero-order chi connectivity index (χ0) is 21.1. The summed E-state index contributed by atoms with van der Waals surface area (Å²) in [5.41, 5.74) is 0.935. The number of ether oxygens (including phenoxy) is 1. The van der Waals surface area contributed by atoms with Gasteiger partial charge in [-0.25, -0.2) is 4.79 Å². The quantitative estimate of drug-likeness (QED) is 0.370. The van der Waals surface area contributed by atoms with E-state index in [4.69, 9.17) is 9.84 Å². The monoisotopic (exact) mass is 402 g/mol. The van der Waals surface area contributed by atoms with Crippen molar-refractivity contribution in [2.45, 2.75) is 13.0 Å². The van der Waals surface area contributed by atoms with E-state index in [1.54, 1.807) is 24.5 Å². The fourth-order valence-corrected chi connectivity index (χ4v) is 2.25. The van der Waals surface area contributed by atoms with Crippen molar-refractivity contribution in [3.05, 3.63) is 53.9 Å². The molecule has 0 spiro atoms. The molecule has 1 heterocycles. The first-order valence-corrected chi connectivity index (χ1v) is 8.82. The number of carboxylic acid groups (broad SMARTS) is 1. The molecule has 29 heavy (non-hydrogen) atoms. The van der Waals surface area contributed by atoms with Crippen LogP contribution in [-0.2, 0) is 11.3 Å². The summed E-state index contributed by atoms with van der Waals surface area (Å²) in [6, 6.07) is 7.39. The fourth-order valence-electron chi connectivity index (χ4n) is 2.25. The Labute approximate surface area is 166 Å². The molecule has 0 saturated carbocycles. The van der Waals surface area contributed by atoms with Crippen LogP contribution in [0.1, 0.15) is 22.3 Å². The van der Waals surface area contributed by atoms with Gasteiger partial charge in [0.2, 0.25) is 0 Å².